The smallest absolute Gasteiger partial charge is 0.320 e. The maximum atomic E-state index is 11.9. The van der Waals surface area contributed by atoms with E-state index in [2.05, 4.69) is 10.6 Å². The molecule has 0 heterocycles. The van der Waals surface area contributed by atoms with E-state index < -0.39 is 10.5 Å². The van der Waals surface area contributed by atoms with Crippen LogP contribution < -0.4 is 16.4 Å². The summed E-state index contributed by atoms with van der Waals surface area (Å²) in [7, 11) is 0. The second kappa shape index (κ2) is 10.2. The lowest BCUT2D eigenvalue weighted by Gasteiger charge is -2.23. The van der Waals surface area contributed by atoms with Crippen LogP contribution in [0.4, 0.5) is 5.69 Å². The molecule has 0 fully saturated rings. The van der Waals surface area contributed by atoms with Crippen molar-refractivity contribution in [2.75, 3.05) is 19.6 Å². The largest absolute Gasteiger partial charge is 0.459 e. The number of nitrogens with two attached hydrogens (primary N) is 1. The van der Waals surface area contributed by atoms with E-state index in [-0.39, 0.29) is 30.3 Å². The summed E-state index contributed by atoms with van der Waals surface area (Å²) in [4.78, 5) is 22.2. The molecule has 0 aliphatic heterocycles. The van der Waals surface area contributed by atoms with E-state index in [9.17, 15) is 14.9 Å². The molecule has 0 saturated carbocycles. The highest BCUT2D eigenvalue weighted by molar-refractivity contribution is 5.72. The number of rotatable bonds is 10. The first-order chi connectivity index (χ1) is 12.1. The van der Waals surface area contributed by atoms with Crippen LogP contribution in [0.2, 0.25) is 0 Å². The summed E-state index contributed by atoms with van der Waals surface area (Å²) in [5.74, 6) is -0.321. The van der Waals surface area contributed by atoms with Crippen LogP contribution in [0.1, 0.15) is 33.3 Å². The molecule has 8 nitrogen and oxygen atoms in total. The molecule has 2 atom stereocenters. The van der Waals surface area contributed by atoms with Gasteiger partial charge in [0.2, 0.25) is 0 Å². The fourth-order valence-electron chi connectivity index (χ4n) is 2.35. The molecule has 0 saturated heterocycles. The predicted octanol–water partition coefficient (Wildman–Crippen LogP) is 1.37. The number of nitro benzene ring substituents is 1. The van der Waals surface area contributed by atoms with Crippen LogP contribution in [-0.4, -0.2) is 48.2 Å². The first kappa shape index (κ1) is 22.0. The molecule has 0 bridgehead atoms. The minimum Gasteiger partial charge on any atom is -0.459 e. The standard InChI is InChI=1S/C18H30N4O4/c1-13(19)10-20-11-15(21-12-17(23)26-18(2,3)4)9-14-5-7-16(8-6-14)22(24)25/h5-8,13,15,20-21H,9-12,19H2,1-4H3. The summed E-state index contributed by atoms with van der Waals surface area (Å²) in [6.45, 7) is 8.74. The van der Waals surface area contributed by atoms with Crippen molar-refractivity contribution < 1.29 is 14.5 Å². The summed E-state index contributed by atoms with van der Waals surface area (Å²) in [5, 5.41) is 17.2. The van der Waals surface area contributed by atoms with Crippen molar-refractivity contribution in [1.82, 2.24) is 10.6 Å². The van der Waals surface area contributed by atoms with Gasteiger partial charge in [0.25, 0.3) is 5.69 Å². The average molecular weight is 366 g/mol. The summed E-state index contributed by atoms with van der Waals surface area (Å²) in [6.07, 6.45) is 0.618. The highest BCUT2D eigenvalue weighted by Crippen LogP contribution is 2.13. The number of carbonyl (C=O) groups is 1. The van der Waals surface area contributed by atoms with E-state index in [4.69, 9.17) is 10.5 Å². The quantitative estimate of drug-likeness (QED) is 0.325. The molecular weight excluding hydrogens is 336 g/mol. The number of carbonyl (C=O) groups excluding carboxylic acids is 1. The number of nitrogens with one attached hydrogen (secondary N) is 2. The number of benzene rings is 1. The number of ether oxygens (including phenoxy) is 1. The Bertz CT molecular complexity index is 582. The van der Waals surface area contributed by atoms with Gasteiger partial charge in [0.15, 0.2) is 0 Å². The molecule has 0 spiro atoms. The molecule has 4 N–H and O–H groups in total. The average Bonchev–Trinajstić information content (AvgIpc) is 2.51. The van der Waals surface area contributed by atoms with Crippen LogP contribution in [-0.2, 0) is 16.0 Å². The van der Waals surface area contributed by atoms with E-state index in [1.54, 1.807) is 12.1 Å². The SMILES string of the molecule is CC(N)CNCC(Cc1ccc([N+](=O)[O-])cc1)NCC(=O)OC(C)(C)C. The van der Waals surface area contributed by atoms with E-state index >= 15 is 0 Å². The fourth-order valence-corrected chi connectivity index (χ4v) is 2.35. The molecule has 1 aromatic rings. The van der Waals surface area contributed by atoms with E-state index in [1.807, 2.05) is 27.7 Å². The molecule has 0 aromatic heterocycles. The highest BCUT2D eigenvalue weighted by atomic mass is 16.6. The zero-order chi connectivity index (χ0) is 19.7. The number of non-ortho nitro benzene ring substituents is 1. The third kappa shape index (κ3) is 9.45. The molecular formula is C18H30N4O4. The second-order valence-corrected chi connectivity index (χ2v) is 7.43. The Morgan fingerprint density at radius 2 is 1.88 bits per heavy atom. The number of esters is 1. The van der Waals surface area contributed by atoms with Gasteiger partial charge in [-0.25, -0.2) is 0 Å². The first-order valence-corrected chi connectivity index (χ1v) is 8.71. The zero-order valence-corrected chi connectivity index (χ0v) is 16.0. The molecule has 1 aromatic carbocycles. The third-order valence-corrected chi connectivity index (χ3v) is 3.44. The summed E-state index contributed by atoms with van der Waals surface area (Å²) < 4.78 is 5.31. The molecule has 0 radical (unpaired) electrons. The van der Waals surface area contributed by atoms with E-state index in [1.165, 1.54) is 12.1 Å². The monoisotopic (exact) mass is 366 g/mol. The number of hydrogen-bond acceptors (Lipinski definition) is 7. The molecule has 26 heavy (non-hydrogen) atoms. The van der Waals surface area contributed by atoms with Crippen molar-refractivity contribution in [2.45, 2.75) is 51.8 Å². The Labute approximate surface area is 154 Å². The minimum absolute atomic E-state index is 0.0286. The van der Waals surface area contributed by atoms with E-state index in [0.717, 1.165) is 5.56 Å². The van der Waals surface area contributed by atoms with Gasteiger partial charge in [-0.05, 0) is 39.7 Å². The molecule has 1 rings (SSSR count). The maximum Gasteiger partial charge on any atom is 0.320 e. The lowest BCUT2D eigenvalue weighted by atomic mass is 10.1. The van der Waals surface area contributed by atoms with Crippen molar-refractivity contribution in [3.63, 3.8) is 0 Å². The lowest BCUT2D eigenvalue weighted by Crippen LogP contribution is -2.45. The fraction of sp³-hybridized carbons (Fsp3) is 0.611. The van der Waals surface area contributed by atoms with Gasteiger partial charge in [0.05, 0.1) is 11.5 Å². The summed E-state index contributed by atoms with van der Waals surface area (Å²) in [6, 6.07) is 6.41. The van der Waals surface area contributed by atoms with Crippen molar-refractivity contribution in [3.05, 3.63) is 39.9 Å². The van der Waals surface area contributed by atoms with Crippen LogP contribution in [0, 0.1) is 10.1 Å². The van der Waals surface area contributed by atoms with Crippen LogP contribution in [0.3, 0.4) is 0 Å². The summed E-state index contributed by atoms with van der Waals surface area (Å²) >= 11 is 0. The van der Waals surface area contributed by atoms with Crippen LogP contribution in [0.5, 0.6) is 0 Å². The Hall–Kier alpha value is -2.03. The zero-order valence-electron chi connectivity index (χ0n) is 16.0. The normalized spacial score (nSPS) is 13.9. The van der Waals surface area contributed by atoms with E-state index in [0.29, 0.717) is 19.5 Å². The summed E-state index contributed by atoms with van der Waals surface area (Å²) in [5.41, 5.74) is 6.22. The molecule has 0 amide bonds. The Morgan fingerprint density at radius 3 is 2.38 bits per heavy atom. The molecule has 8 heteroatoms. The van der Waals surface area contributed by atoms with Gasteiger partial charge >= 0.3 is 5.97 Å². The van der Waals surface area contributed by atoms with Gasteiger partial charge < -0.3 is 21.1 Å². The highest BCUT2D eigenvalue weighted by Gasteiger charge is 2.18. The van der Waals surface area contributed by atoms with Gasteiger partial charge in [-0.1, -0.05) is 12.1 Å². The van der Waals surface area contributed by atoms with Gasteiger partial charge in [-0.2, -0.15) is 0 Å². The molecule has 0 aliphatic carbocycles. The number of hydrogen-bond donors (Lipinski definition) is 3. The number of nitro groups is 1. The Morgan fingerprint density at radius 1 is 1.27 bits per heavy atom. The molecule has 146 valence electrons. The first-order valence-electron chi connectivity index (χ1n) is 8.71. The molecule has 2 unspecified atom stereocenters. The van der Waals surface area contributed by atoms with Gasteiger partial charge in [0.1, 0.15) is 5.60 Å². The van der Waals surface area contributed by atoms with Crippen LogP contribution in [0.25, 0.3) is 0 Å². The van der Waals surface area contributed by atoms with Gasteiger partial charge in [0, 0.05) is 37.3 Å². The van der Waals surface area contributed by atoms with Crippen molar-refractivity contribution in [1.29, 1.82) is 0 Å². The predicted molar refractivity (Wildman–Crippen MR) is 101 cm³/mol. The van der Waals surface area contributed by atoms with Crippen LogP contribution >= 0.6 is 0 Å². The van der Waals surface area contributed by atoms with Crippen LogP contribution in [0.15, 0.2) is 24.3 Å². The van der Waals surface area contributed by atoms with Gasteiger partial charge in [-0.15, -0.1) is 0 Å². The number of nitrogens with zero attached hydrogens (tertiary/aromatic N) is 1. The van der Waals surface area contributed by atoms with Crippen molar-refractivity contribution in [3.8, 4) is 0 Å². The molecule has 0 aliphatic rings. The Balaban J connectivity index is 2.65. The van der Waals surface area contributed by atoms with Crippen molar-refractivity contribution >= 4 is 11.7 Å². The topological polar surface area (TPSA) is 120 Å². The maximum absolute atomic E-state index is 11.9. The Kier molecular flexibility index (Phi) is 8.64. The lowest BCUT2D eigenvalue weighted by molar-refractivity contribution is -0.384. The third-order valence-electron chi connectivity index (χ3n) is 3.44. The van der Waals surface area contributed by atoms with Crippen molar-refractivity contribution in [2.24, 2.45) is 5.73 Å². The van der Waals surface area contributed by atoms with Gasteiger partial charge in [-0.3, -0.25) is 14.9 Å². The second-order valence-electron chi connectivity index (χ2n) is 7.43. The minimum atomic E-state index is -0.528.